The fourth-order valence-electron chi connectivity index (χ4n) is 2.78. The Labute approximate surface area is 193 Å². The average Bonchev–Trinajstić information content (AvgIpc) is 3.14. The van der Waals surface area contributed by atoms with Crippen LogP contribution in [0.25, 0.3) is 10.1 Å². The van der Waals surface area contributed by atoms with Crippen LogP contribution in [0.5, 0.6) is 0 Å². The number of hydrogen-bond acceptors (Lipinski definition) is 5. The lowest BCUT2D eigenvalue weighted by atomic mass is 10.2. The molecule has 1 aromatic carbocycles. The van der Waals surface area contributed by atoms with Gasteiger partial charge in [0, 0.05) is 43.0 Å². The molecule has 0 amide bonds. The van der Waals surface area contributed by atoms with E-state index in [0.717, 1.165) is 28.2 Å². The minimum absolute atomic E-state index is 0. The van der Waals surface area contributed by atoms with Crippen LogP contribution in [0.3, 0.4) is 0 Å². The first-order valence-corrected chi connectivity index (χ1v) is 10.2. The fraction of sp³-hybridized carbons (Fsp3) is 0.333. The highest BCUT2D eigenvalue weighted by Gasteiger charge is 2.12. The highest BCUT2D eigenvalue weighted by Crippen LogP contribution is 2.29. The summed E-state index contributed by atoms with van der Waals surface area (Å²) in [5, 5.41) is 18.2. The number of nitrogens with zero attached hydrogens (tertiary/aromatic N) is 3. The standard InChI is InChI=1S/C21H27N5OS.HI/c1-4-22-21(24-13-15-9-10-23-20(11-15)26(2)3)25-14-17(27)19-12-16-7-5-6-8-18(16)28-19;/h5-12,17,27H,4,13-14H2,1-3H3,(H2,22,24,25);1H. The molecule has 1 atom stereocenters. The molecule has 29 heavy (non-hydrogen) atoms. The molecule has 0 aliphatic carbocycles. The minimum atomic E-state index is -0.581. The Bertz CT molecular complexity index is 910. The number of anilines is 1. The number of aliphatic hydroxyl groups excluding tert-OH is 1. The van der Waals surface area contributed by atoms with E-state index in [0.29, 0.717) is 19.0 Å². The van der Waals surface area contributed by atoms with Crippen molar-refractivity contribution in [3.05, 3.63) is 59.1 Å². The zero-order valence-corrected chi connectivity index (χ0v) is 20.1. The highest BCUT2D eigenvalue weighted by molar-refractivity contribution is 14.0. The summed E-state index contributed by atoms with van der Waals surface area (Å²) in [6.07, 6.45) is 1.22. The van der Waals surface area contributed by atoms with Gasteiger partial charge in [-0.1, -0.05) is 18.2 Å². The van der Waals surface area contributed by atoms with Gasteiger partial charge in [-0.2, -0.15) is 0 Å². The van der Waals surface area contributed by atoms with Crippen LogP contribution in [0.4, 0.5) is 5.82 Å². The number of rotatable bonds is 7. The second kappa shape index (κ2) is 11.3. The third-order valence-corrected chi connectivity index (χ3v) is 5.49. The largest absolute Gasteiger partial charge is 0.386 e. The van der Waals surface area contributed by atoms with Crippen molar-refractivity contribution >= 4 is 57.2 Å². The molecule has 0 fully saturated rings. The van der Waals surface area contributed by atoms with Gasteiger partial charge in [0.25, 0.3) is 0 Å². The Morgan fingerprint density at radius 1 is 1.21 bits per heavy atom. The van der Waals surface area contributed by atoms with Crippen LogP contribution in [0, 0.1) is 0 Å². The van der Waals surface area contributed by atoms with Crippen molar-refractivity contribution in [3.63, 3.8) is 0 Å². The summed E-state index contributed by atoms with van der Waals surface area (Å²) in [5.74, 6) is 1.59. The van der Waals surface area contributed by atoms with E-state index in [2.05, 4.69) is 38.8 Å². The van der Waals surface area contributed by atoms with E-state index >= 15 is 0 Å². The van der Waals surface area contributed by atoms with Crippen molar-refractivity contribution in [2.45, 2.75) is 19.6 Å². The van der Waals surface area contributed by atoms with E-state index in [-0.39, 0.29) is 24.0 Å². The van der Waals surface area contributed by atoms with Gasteiger partial charge in [-0.05, 0) is 42.1 Å². The lowest BCUT2D eigenvalue weighted by Gasteiger charge is -2.15. The molecule has 8 heteroatoms. The van der Waals surface area contributed by atoms with Gasteiger partial charge >= 0.3 is 0 Å². The second-order valence-electron chi connectivity index (χ2n) is 6.70. The van der Waals surface area contributed by atoms with E-state index in [9.17, 15) is 5.11 Å². The molecule has 6 nitrogen and oxygen atoms in total. The number of nitrogens with one attached hydrogen (secondary N) is 2. The molecule has 0 saturated carbocycles. The zero-order chi connectivity index (χ0) is 19.9. The van der Waals surface area contributed by atoms with Crippen molar-refractivity contribution in [1.82, 2.24) is 15.6 Å². The molecule has 3 aromatic rings. The first kappa shape index (κ1) is 23.4. The number of thiophene rings is 1. The van der Waals surface area contributed by atoms with Crippen LogP contribution in [-0.2, 0) is 6.54 Å². The minimum Gasteiger partial charge on any atom is -0.386 e. The molecular weight excluding hydrogens is 497 g/mol. The predicted molar refractivity (Wildman–Crippen MR) is 134 cm³/mol. The van der Waals surface area contributed by atoms with Crippen LogP contribution in [-0.4, -0.2) is 43.2 Å². The number of aliphatic hydroxyl groups is 1. The Balaban J connectivity index is 0.00000300. The Hall–Kier alpha value is -1.91. The molecule has 0 bridgehead atoms. The second-order valence-corrected chi connectivity index (χ2v) is 7.81. The number of halogens is 1. The van der Waals surface area contributed by atoms with Crippen LogP contribution in [0.2, 0.25) is 0 Å². The average molecular weight is 525 g/mol. The normalized spacial score (nSPS) is 12.3. The molecule has 2 aromatic heterocycles. The Morgan fingerprint density at radius 3 is 2.72 bits per heavy atom. The van der Waals surface area contributed by atoms with E-state index in [1.807, 2.05) is 50.2 Å². The number of fused-ring (bicyclic) bond motifs is 1. The van der Waals surface area contributed by atoms with Crippen LogP contribution < -0.4 is 15.5 Å². The Morgan fingerprint density at radius 2 is 2.00 bits per heavy atom. The zero-order valence-electron chi connectivity index (χ0n) is 16.9. The van der Waals surface area contributed by atoms with Crippen molar-refractivity contribution in [1.29, 1.82) is 0 Å². The number of pyridine rings is 1. The summed E-state index contributed by atoms with van der Waals surface area (Å²) in [6, 6.07) is 14.2. The smallest absolute Gasteiger partial charge is 0.191 e. The van der Waals surface area contributed by atoms with Gasteiger partial charge in [0.1, 0.15) is 11.9 Å². The first-order valence-electron chi connectivity index (χ1n) is 9.37. The summed E-state index contributed by atoms with van der Waals surface area (Å²) in [5.41, 5.74) is 1.08. The van der Waals surface area contributed by atoms with Gasteiger partial charge in [-0.15, -0.1) is 35.3 Å². The quantitative estimate of drug-likeness (QED) is 0.249. The maximum absolute atomic E-state index is 10.6. The first-order chi connectivity index (χ1) is 13.6. The summed E-state index contributed by atoms with van der Waals surface area (Å²) in [6.45, 7) is 3.72. The fourth-order valence-corrected chi connectivity index (χ4v) is 3.83. The predicted octanol–water partition coefficient (Wildman–Crippen LogP) is 3.77. The van der Waals surface area contributed by atoms with Crippen LogP contribution in [0.1, 0.15) is 23.5 Å². The lowest BCUT2D eigenvalue weighted by Crippen LogP contribution is -2.39. The molecule has 3 rings (SSSR count). The van der Waals surface area contributed by atoms with E-state index in [1.165, 1.54) is 4.70 Å². The molecule has 0 spiro atoms. The molecule has 2 heterocycles. The number of aromatic nitrogens is 1. The van der Waals surface area contributed by atoms with Crippen LogP contribution in [0.15, 0.2) is 53.7 Å². The highest BCUT2D eigenvalue weighted by atomic mass is 127. The summed E-state index contributed by atoms with van der Waals surface area (Å²) in [4.78, 5) is 11.9. The number of aliphatic imine (C=N–C) groups is 1. The maximum atomic E-state index is 10.6. The third kappa shape index (κ3) is 6.55. The van der Waals surface area contributed by atoms with Gasteiger partial charge < -0.3 is 20.6 Å². The monoisotopic (exact) mass is 525 g/mol. The van der Waals surface area contributed by atoms with Crippen LogP contribution >= 0.6 is 35.3 Å². The lowest BCUT2D eigenvalue weighted by molar-refractivity contribution is 0.184. The summed E-state index contributed by atoms with van der Waals surface area (Å²) < 4.78 is 1.19. The van der Waals surface area contributed by atoms with Gasteiger partial charge in [0.05, 0.1) is 6.54 Å². The molecule has 1 unspecified atom stereocenters. The maximum Gasteiger partial charge on any atom is 0.191 e. The molecule has 0 radical (unpaired) electrons. The molecule has 0 aliphatic rings. The van der Waals surface area contributed by atoms with Gasteiger partial charge in [-0.3, -0.25) is 0 Å². The topological polar surface area (TPSA) is 72.8 Å². The van der Waals surface area contributed by atoms with E-state index in [1.54, 1.807) is 17.5 Å². The van der Waals surface area contributed by atoms with Crippen molar-refractivity contribution in [2.24, 2.45) is 4.99 Å². The van der Waals surface area contributed by atoms with Gasteiger partial charge in [-0.25, -0.2) is 9.98 Å². The van der Waals surface area contributed by atoms with E-state index < -0.39 is 6.10 Å². The van der Waals surface area contributed by atoms with Crippen molar-refractivity contribution < 1.29 is 5.11 Å². The summed E-state index contributed by atoms with van der Waals surface area (Å²) >= 11 is 1.62. The number of hydrogen-bond donors (Lipinski definition) is 3. The van der Waals surface area contributed by atoms with E-state index in [4.69, 9.17) is 0 Å². The molecular formula is C21H28IN5OS. The summed E-state index contributed by atoms with van der Waals surface area (Å²) in [7, 11) is 3.94. The SMILES string of the molecule is CCNC(=NCc1ccnc(N(C)C)c1)NCC(O)c1cc2ccccc2s1.I. The molecule has 0 saturated heterocycles. The number of benzene rings is 1. The van der Waals surface area contributed by atoms with Crippen molar-refractivity contribution in [3.8, 4) is 0 Å². The van der Waals surface area contributed by atoms with Gasteiger partial charge in [0.2, 0.25) is 0 Å². The van der Waals surface area contributed by atoms with Gasteiger partial charge in [0.15, 0.2) is 5.96 Å². The third-order valence-electron chi connectivity index (χ3n) is 4.27. The number of guanidine groups is 1. The molecule has 0 aliphatic heterocycles. The Kier molecular flexibility index (Phi) is 9.12. The molecule has 156 valence electrons. The molecule has 3 N–H and O–H groups in total. The van der Waals surface area contributed by atoms with Crippen molar-refractivity contribution in [2.75, 3.05) is 32.1 Å².